The van der Waals surface area contributed by atoms with Crippen molar-refractivity contribution in [2.75, 3.05) is 40.0 Å². The second kappa shape index (κ2) is 12.4. The van der Waals surface area contributed by atoms with E-state index < -0.39 is 6.10 Å². The van der Waals surface area contributed by atoms with Crippen LogP contribution in [0.1, 0.15) is 24.8 Å². The summed E-state index contributed by atoms with van der Waals surface area (Å²) in [6, 6.07) is 12.6. The normalized spacial score (nSPS) is 25.7. The number of rotatable bonds is 8. The number of carbonyl (C=O) groups excluding carboxylic acids is 1. The number of carbonyl (C=O) groups is 1. The van der Waals surface area contributed by atoms with Gasteiger partial charge in [-0.15, -0.1) is 0 Å². The predicted molar refractivity (Wildman–Crippen MR) is 128 cm³/mol. The monoisotopic (exact) mass is 469 g/mol. The Hall–Kier alpha value is -2.36. The first-order valence-electron chi connectivity index (χ1n) is 12.0. The molecule has 2 saturated heterocycles. The molecule has 0 spiro atoms. The summed E-state index contributed by atoms with van der Waals surface area (Å²) >= 11 is 0. The molecule has 1 aromatic heterocycles. The summed E-state index contributed by atoms with van der Waals surface area (Å²) in [6.45, 7) is 2.92. The van der Waals surface area contributed by atoms with Crippen LogP contribution in [0.3, 0.4) is 0 Å². The zero-order valence-corrected chi connectivity index (χ0v) is 19.8. The van der Waals surface area contributed by atoms with Crippen LogP contribution >= 0.6 is 0 Å². The summed E-state index contributed by atoms with van der Waals surface area (Å²) in [5.41, 5.74) is 3.46. The fourth-order valence-corrected chi connectivity index (χ4v) is 4.83. The molecule has 4 atom stereocenters. The maximum absolute atomic E-state index is 12.2. The molecule has 8 nitrogen and oxygen atoms in total. The van der Waals surface area contributed by atoms with Gasteiger partial charge >= 0.3 is 0 Å². The highest BCUT2D eigenvalue weighted by atomic mass is 16.5. The zero-order chi connectivity index (χ0) is 23.8. The van der Waals surface area contributed by atoms with E-state index in [0.717, 1.165) is 24.0 Å². The van der Waals surface area contributed by atoms with E-state index in [0.29, 0.717) is 39.3 Å². The number of aromatic nitrogens is 1. The van der Waals surface area contributed by atoms with Crippen LogP contribution in [0.5, 0.6) is 0 Å². The summed E-state index contributed by atoms with van der Waals surface area (Å²) in [5, 5.41) is 13.4. The molecule has 0 aliphatic carbocycles. The Kier molecular flexibility index (Phi) is 9.01. The van der Waals surface area contributed by atoms with Crippen molar-refractivity contribution in [1.29, 1.82) is 0 Å². The highest BCUT2D eigenvalue weighted by Gasteiger charge is 2.38. The number of aliphatic hydroxyl groups is 1. The lowest BCUT2D eigenvalue weighted by Crippen LogP contribution is -2.55. The number of hydrogen-bond acceptors (Lipinski definition) is 7. The minimum absolute atomic E-state index is 0.0209. The highest BCUT2D eigenvalue weighted by molar-refractivity contribution is 5.76. The minimum atomic E-state index is -0.548. The molecule has 0 bridgehead atoms. The van der Waals surface area contributed by atoms with Crippen molar-refractivity contribution in [3.8, 4) is 11.1 Å². The van der Waals surface area contributed by atoms with E-state index in [1.165, 1.54) is 5.56 Å². The summed E-state index contributed by atoms with van der Waals surface area (Å²) in [5.74, 6) is -0.0209. The quantitative estimate of drug-likeness (QED) is 0.572. The Morgan fingerprint density at radius 3 is 2.88 bits per heavy atom. The van der Waals surface area contributed by atoms with Crippen LogP contribution in [0.2, 0.25) is 0 Å². The second-order valence-electron chi connectivity index (χ2n) is 9.05. The van der Waals surface area contributed by atoms with Gasteiger partial charge < -0.3 is 24.6 Å². The third-order valence-corrected chi connectivity index (χ3v) is 6.46. The van der Waals surface area contributed by atoms with Gasteiger partial charge in [0.25, 0.3) is 0 Å². The Labute approximate surface area is 201 Å². The SMILES string of the molecule is COCCNC(=O)C[C@@H]1CC[C@@H]2[C@H](COC[C@H](O)CN2Cc2cccc(-c3ccncc3)c2)O1. The molecule has 2 fully saturated rings. The molecule has 0 unspecified atom stereocenters. The largest absolute Gasteiger partial charge is 0.389 e. The van der Waals surface area contributed by atoms with Gasteiger partial charge in [0.15, 0.2) is 0 Å². The van der Waals surface area contributed by atoms with E-state index in [1.807, 2.05) is 12.1 Å². The molecule has 2 aromatic rings. The highest BCUT2D eigenvalue weighted by Crippen LogP contribution is 2.29. The van der Waals surface area contributed by atoms with Crippen molar-refractivity contribution in [2.24, 2.45) is 0 Å². The molecule has 0 radical (unpaired) electrons. The molecular formula is C26H35N3O5. The maximum Gasteiger partial charge on any atom is 0.222 e. The minimum Gasteiger partial charge on any atom is -0.389 e. The van der Waals surface area contributed by atoms with Gasteiger partial charge in [-0.3, -0.25) is 14.7 Å². The van der Waals surface area contributed by atoms with E-state index in [2.05, 4.69) is 39.5 Å². The lowest BCUT2D eigenvalue weighted by Gasteiger charge is -2.44. The van der Waals surface area contributed by atoms with E-state index in [-0.39, 0.29) is 30.8 Å². The van der Waals surface area contributed by atoms with Crippen LogP contribution in [-0.4, -0.2) is 85.3 Å². The number of nitrogens with zero attached hydrogens (tertiary/aromatic N) is 2. The smallest absolute Gasteiger partial charge is 0.222 e. The molecule has 1 amide bonds. The lowest BCUT2D eigenvalue weighted by molar-refractivity contribution is -0.158. The van der Waals surface area contributed by atoms with E-state index in [1.54, 1.807) is 19.5 Å². The third-order valence-electron chi connectivity index (χ3n) is 6.46. The topological polar surface area (TPSA) is 93.2 Å². The van der Waals surface area contributed by atoms with Gasteiger partial charge in [-0.05, 0) is 47.7 Å². The molecule has 184 valence electrons. The molecule has 0 saturated carbocycles. The Morgan fingerprint density at radius 1 is 1.21 bits per heavy atom. The lowest BCUT2D eigenvalue weighted by atomic mass is 9.94. The van der Waals surface area contributed by atoms with Crippen molar-refractivity contribution in [3.63, 3.8) is 0 Å². The first kappa shape index (κ1) is 24.8. The number of β-amino-alcohol motifs (C(OH)–C–C–N with tert-alkyl or cyclic N) is 1. The molecule has 3 heterocycles. The van der Waals surface area contributed by atoms with Gasteiger partial charge in [0.1, 0.15) is 0 Å². The van der Waals surface area contributed by atoms with E-state index in [4.69, 9.17) is 14.2 Å². The molecule has 4 rings (SSSR count). The van der Waals surface area contributed by atoms with Gasteiger partial charge in [0, 0.05) is 45.2 Å². The van der Waals surface area contributed by atoms with Crippen molar-refractivity contribution >= 4 is 5.91 Å². The molecule has 34 heavy (non-hydrogen) atoms. The molecule has 2 aliphatic heterocycles. The van der Waals surface area contributed by atoms with Crippen LogP contribution in [0.25, 0.3) is 11.1 Å². The van der Waals surface area contributed by atoms with Crippen LogP contribution in [0.15, 0.2) is 48.8 Å². The van der Waals surface area contributed by atoms with Crippen molar-refractivity contribution in [2.45, 2.75) is 50.2 Å². The summed E-state index contributed by atoms with van der Waals surface area (Å²) in [4.78, 5) is 18.7. The van der Waals surface area contributed by atoms with Crippen LogP contribution in [0, 0.1) is 0 Å². The maximum atomic E-state index is 12.2. The van der Waals surface area contributed by atoms with Gasteiger partial charge in [-0.1, -0.05) is 18.2 Å². The number of pyridine rings is 1. The van der Waals surface area contributed by atoms with Crippen molar-refractivity contribution in [3.05, 3.63) is 54.4 Å². The first-order chi connectivity index (χ1) is 16.6. The summed E-state index contributed by atoms with van der Waals surface area (Å²) in [6.07, 6.45) is 4.81. The molecule has 1 aromatic carbocycles. The molecule has 8 heteroatoms. The number of ether oxygens (including phenoxy) is 3. The first-order valence-corrected chi connectivity index (χ1v) is 12.0. The molecular weight excluding hydrogens is 434 g/mol. The third kappa shape index (κ3) is 6.84. The van der Waals surface area contributed by atoms with Gasteiger partial charge in [0.2, 0.25) is 5.91 Å². The Balaban J connectivity index is 1.42. The molecule has 2 N–H and O–H groups in total. The number of aliphatic hydroxyl groups excluding tert-OH is 1. The molecule has 2 aliphatic rings. The number of benzene rings is 1. The standard InChI is InChI=1S/C26H35N3O5/c1-32-12-11-28-26(31)14-23-5-6-24-25(34-23)18-33-17-22(30)16-29(24)15-19-3-2-4-21(13-19)20-7-9-27-10-8-20/h2-4,7-10,13,22-25,30H,5-6,11-12,14-18H2,1H3,(H,28,31)/t22-,23+,24-,25+/m1/s1. The van der Waals surface area contributed by atoms with Crippen molar-refractivity contribution < 1.29 is 24.1 Å². The van der Waals surface area contributed by atoms with Crippen LogP contribution in [0.4, 0.5) is 0 Å². The fraction of sp³-hybridized carbons (Fsp3) is 0.538. The second-order valence-corrected chi connectivity index (χ2v) is 9.05. The Morgan fingerprint density at radius 2 is 2.06 bits per heavy atom. The number of fused-ring (bicyclic) bond motifs is 1. The van der Waals surface area contributed by atoms with Gasteiger partial charge in [-0.2, -0.15) is 0 Å². The average molecular weight is 470 g/mol. The van der Waals surface area contributed by atoms with E-state index in [9.17, 15) is 9.90 Å². The summed E-state index contributed by atoms with van der Waals surface area (Å²) in [7, 11) is 1.61. The number of methoxy groups -OCH3 is 1. The van der Waals surface area contributed by atoms with Crippen LogP contribution < -0.4 is 5.32 Å². The van der Waals surface area contributed by atoms with Gasteiger partial charge in [-0.25, -0.2) is 0 Å². The summed E-state index contributed by atoms with van der Waals surface area (Å²) < 4.78 is 17.1. The van der Waals surface area contributed by atoms with Crippen molar-refractivity contribution in [1.82, 2.24) is 15.2 Å². The number of amides is 1. The predicted octanol–water partition coefficient (Wildman–Crippen LogP) is 2.01. The fourth-order valence-electron chi connectivity index (χ4n) is 4.83. The van der Waals surface area contributed by atoms with E-state index >= 15 is 0 Å². The number of nitrogens with one attached hydrogen (secondary N) is 1. The number of hydrogen-bond donors (Lipinski definition) is 2. The zero-order valence-electron chi connectivity index (χ0n) is 19.8. The van der Waals surface area contributed by atoms with Crippen LogP contribution in [-0.2, 0) is 25.5 Å². The Bertz CT molecular complexity index is 912. The average Bonchev–Trinajstić information content (AvgIpc) is 2.84. The van der Waals surface area contributed by atoms with Gasteiger partial charge in [0.05, 0.1) is 44.6 Å².